The zero-order valence-corrected chi connectivity index (χ0v) is 16.0. The molecule has 0 aliphatic carbocycles. The number of carbonyl (C=O) groups is 3. The molecule has 1 heterocycles. The van der Waals surface area contributed by atoms with Crippen molar-refractivity contribution in [3.05, 3.63) is 50.7 Å². The molecule has 0 aliphatic rings. The van der Waals surface area contributed by atoms with Gasteiger partial charge in [0.15, 0.2) is 17.0 Å². The van der Waals surface area contributed by atoms with Gasteiger partial charge in [-0.05, 0) is 31.2 Å². The van der Waals surface area contributed by atoms with Gasteiger partial charge in [-0.25, -0.2) is 9.78 Å². The largest absolute Gasteiger partial charge is 0.448 e. The highest BCUT2D eigenvalue weighted by atomic mass is 35.5. The van der Waals surface area contributed by atoms with E-state index >= 15 is 0 Å². The summed E-state index contributed by atoms with van der Waals surface area (Å²) >= 11 is 17.5. The van der Waals surface area contributed by atoms with Crippen LogP contribution < -0.4 is 16.8 Å². The Kier molecular flexibility index (Phi) is 6.48. The lowest BCUT2D eigenvalue weighted by molar-refractivity contribution is -0.123. The number of pyridine rings is 1. The van der Waals surface area contributed by atoms with Crippen molar-refractivity contribution >= 4 is 64.0 Å². The Labute approximate surface area is 168 Å². The van der Waals surface area contributed by atoms with Crippen LogP contribution in [0.15, 0.2) is 24.3 Å². The fraction of sp³-hybridized carbons (Fsp3) is 0.125. The van der Waals surface area contributed by atoms with Gasteiger partial charge in [0, 0.05) is 11.3 Å². The zero-order chi connectivity index (χ0) is 20.3. The minimum atomic E-state index is -1.19. The van der Waals surface area contributed by atoms with E-state index in [0.29, 0.717) is 5.69 Å². The molecule has 1 aromatic heterocycles. The van der Waals surface area contributed by atoms with Crippen molar-refractivity contribution in [3.8, 4) is 0 Å². The fourth-order valence-corrected chi connectivity index (χ4v) is 2.48. The minimum absolute atomic E-state index is 0.0941. The molecular weight excluding hydrogens is 419 g/mol. The van der Waals surface area contributed by atoms with E-state index in [-0.39, 0.29) is 32.1 Å². The molecule has 1 atom stereocenters. The Balaban J connectivity index is 2.08. The van der Waals surface area contributed by atoms with E-state index < -0.39 is 23.9 Å². The van der Waals surface area contributed by atoms with E-state index in [1.165, 1.54) is 31.2 Å². The van der Waals surface area contributed by atoms with Crippen molar-refractivity contribution in [2.45, 2.75) is 13.0 Å². The number of nitrogens with two attached hydrogens (primary N) is 2. The number of nitrogens with zero attached hydrogens (tertiary/aromatic N) is 1. The molecule has 27 heavy (non-hydrogen) atoms. The topological polar surface area (TPSA) is 137 Å². The maximum absolute atomic E-state index is 12.2. The van der Waals surface area contributed by atoms with Crippen LogP contribution in [0.25, 0.3) is 0 Å². The van der Waals surface area contributed by atoms with E-state index in [2.05, 4.69) is 10.3 Å². The van der Waals surface area contributed by atoms with Gasteiger partial charge in [0.25, 0.3) is 5.91 Å². The second kappa shape index (κ2) is 8.43. The van der Waals surface area contributed by atoms with Crippen molar-refractivity contribution < 1.29 is 19.1 Å². The van der Waals surface area contributed by atoms with Gasteiger partial charge in [0.1, 0.15) is 5.02 Å². The summed E-state index contributed by atoms with van der Waals surface area (Å²) < 4.78 is 5.03. The smallest absolute Gasteiger partial charge is 0.359 e. The number of aromatic nitrogens is 1. The number of primary amides is 1. The molecule has 0 aliphatic heterocycles. The third-order valence-corrected chi connectivity index (χ3v) is 4.49. The molecule has 0 fully saturated rings. The van der Waals surface area contributed by atoms with Crippen LogP contribution >= 0.6 is 34.8 Å². The maximum Gasteiger partial charge on any atom is 0.359 e. The minimum Gasteiger partial charge on any atom is -0.448 e. The maximum atomic E-state index is 12.2. The number of benzene rings is 1. The van der Waals surface area contributed by atoms with E-state index in [1.807, 2.05) is 0 Å². The normalized spacial score (nSPS) is 11.6. The number of carbonyl (C=O) groups excluding carboxylic acids is 3. The van der Waals surface area contributed by atoms with E-state index in [0.717, 1.165) is 0 Å². The van der Waals surface area contributed by atoms with Gasteiger partial charge in [0.2, 0.25) is 5.91 Å². The fourth-order valence-electron chi connectivity index (χ4n) is 1.90. The SMILES string of the molecule is C[C@H](OC(=O)c1nc(Cl)c(Cl)c(N)c1Cl)C(=O)Nc1ccc(C(N)=O)cc1. The molecule has 2 amide bonds. The highest BCUT2D eigenvalue weighted by Gasteiger charge is 2.25. The van der Waals surface area contributed by atoms with Crippen LogP contribution in [0.2, 0.25) is 15.2 Å². The number of rotatable bonds is 5. The van der Waals surface area contributed by atoms with Gasteiger partial charge in [-0.2, -0.15) is 0 Å². The Bertz CT molecular complexity index is 919. The van der Waals surface area contributed by atoms with Gasteiger partial charge in [-0.3, -0.25) is 9.59 Å². The number of nitrogens with one attached hydrogen (secondary N) is 1. The monoisotopic (exact) mass is 430 g/mol. The van der Waals surface area contributed by atoms with Crippen molar-refractivity contribution in [2.75, 3.05) is 11.1 Å². The lowest BCUT2D eigenvalue weighted by atomic mass is 10.2. The summed E-state index contributed by atoms with van der Waals surface area (Å²) in [6.45, 7) is 1.35. The number of hydrogen-bond acceptors (Lipinski definition) is 6. The molecule has 1 aromatic carbocycles. The van der Waals surface area contributed by atoms with Crippen LogP contribution in [0.4, 0.5) is 11.4 Å². The van der Waals surface area contributed by atoms with Gasteiger partial charge >= 0.3 is 5.97 Å². The van der Waals surface area contributed by atoms with E-state index in [4.69, 9.17) is 51.0 Å². The summed E-state index contributed by atoms with van der Waals surface area (Å²) in [7, 11) is 0. The second-order valence-corrected chi connectivity index (χ2v) is 6.39. The van der Waals surface area contributed by atoms with E-state index in [1.54, 1.807) is 0 Å². The van der Waals surface area contributed by atoms with Crippen molar-refractivity contribution in [3.63, 3.8) is 0 Å². The molecule has 142 valence electrons. The molecule has 2 rings (SSSR count). The number of halogens is 3. The number of amides is 2. The summed E-state index contributed by atoms with van der Waals surface area (Å²) in [5.41, 5.74) is 10.9. The predicted molar refractivity (Wildman–Crippen MR) is 102 cm³/mol. The Hall–Kier alpha value is -2.55. The average molecular weight is 432 g/mol. The molecule has 5 N–H and O–H groups in total. The quantitative estimate of drug-likeness (QED) is 0.491. The lowest BCUT2D eigenvalue weighted by Crippen LogP contribution is -2.30. The molecule has 8 nitrogen and oxygen atoms in total. The lowest BCUT2D eigenvalue weighted by Gasteiger charge is -2.14. The standard InChI is InChI=1S/C16H13Cl3N4O4/c1-6(15(25)22-8-4-2-7(3-5-8)14(21)24)27-16(26)12-9(17)11(20)10(18)13(19)23-12/h2-6H,1H3,(H2,20,23)(H2,21,24)(H,22,25)/t6-/m0/s1. The molecule has 0 saturated carbocycles. The zero-order valence-electron chi connectivity index (χ0n) is 13.8. The van der Waals surface area contributed by atoms with Gasteiger partial charge < -0.3 is 21.5 Å². The molecule has 0 unspecified atom stereocenters. The van der Waals surface area contributed by atoms with Crippen molar-refractivity contribution in [1.29, 1.82) is 0 Å². The Morgan fingerprint density at radius 2 is 1.70 bits per heavy atom. The van der Waals surface area contributed by atoms with Gasteiger partial charge in [-0.15, -0.1) is 0 Å². The van der Waals surface area contributed by atoms with Crippen molar-refractivity contribution in [1.82, 2.24) is 4.98 Å². The first-order chi connectivity index (χ1) is 12.6. The predicted octanol–water partition coefficient (Wildman–Crippen LogP) is 2.91. The number of ether oxygens (including phenoxy) is 1. The average Bonchev–Trinajstić information content (AvgIpc) is 2.63. The third kappa shape index (κ3) is 4.79. The molecule has 11 heteroatoms. The summed E-state index contributed by atoms with van der Waals surface area (Å²) in [5.74, 6) is -2.23. The molecular formula is C16H13Cl3N4O4. The van der Waals surface area contributed by atoms with Crippen LogP contribution in [0.5, 0.6) is 0 Å². The Morgan fingerprint density at radius 1 is 1.11 bits per heavy atom. The number of esters is 1. The molecule has 0 spiro atoms. The van der Waals surface area contributed by atoms with Crippen LogP contribution in [-0.4, -0.2) is 28.9 Å². The first kappa shape index (κ1) is 20.8. The highest BCUT2D eigenvalue weighted by Crippen LogP contribution is 2.34. The van der Waals surface area contributed by atoms with Crippen LogP contribution in [0.3, 0.4) is 0 Å². The summed E-state index contributed by atoms with van der Waals surface area (Å²) in [4.78, 5) is 39.1. The van der Waals surface area contributed by atoms with Gasteiger partial charge in [0.05, 0.1) is 10.7 Å². The summed E-state index contributed by atoms with van der Waals surface area (Å²) in [5, 5.41) is 1.97. The number of nitrogen functional groups attached to an aromatic ring is 1. The molecule has 0 saturated heterocycles. The van der Waals surface area contributed by atoms with Crippen LogP contribution in [-0.2, 0) is 9.53 Å². The van der Waals surface area contributed by atoms with Crippen molar-refractivity contribution in [2.24, 2.45) is 5.73 Å². The Morgan fingerprint density at radius 3 is 2.26 bits per heavy atom. The third-order valence-electron chi connectivity index (χ3n) is 3.36. The molecule has 0 radical (unpaired) electrons. The van der Waals surface area contributed by atoms with Crippen LogP contribution in [0.1, 0.15) is 27.8 Å². The number of anilines is 2. The van der Waals surface area contributed by atoms with Crippen LogP contribution in [0, 0.1) is 0 Å². The second-order valence-electron chi connectivity index (χ2n) is 5.27. The summed E-state index contributed by atoms with van der Waals surface area (Å²) in [6.07, 6.45) is -1.19. The first-order valence-corrected chi connectivity index (χ1v) is 8.46. The molecule has 2 aromatic rings. The summed E-state index contributed by atoms with van der Waals surface area (Å²) in [6, 6.07) is 5.84. The molecule has 0 bridgehead atoms. The number of hydrogen-bond donors (Lipinski definition) is 3. The highest BCUT2D eigenvalue weighted by molar-refractivity contribution is 6.46. The van der Waals surface area contributed by atoms with Gasteiger partial charge in [-0.1, -0.05) is 34.8 Å². The van der Waals surface area contributed by atoms with E-state index in [9.17, 15) is 14.4 Å². The first-order valence-electron chi connectivity index (χ1n) is 7.33.